The van der Waals surface area contributed by atoms with Crippen molar-refractivity contribution >= 4 is 34.9 Å². The maximum atomic E-state index is 12.9. The molecule has 1 saturated carbocycles. The van der Waals surface area contributed by atoms with Gasteiger partial charge in [-0.15, -0.1) is 0 Å². The highest BCUT2D eigenvalue weighted by molar-refractivity contribution is 6.07. The Kier molecular flexibility index (Phi) is 5.62. The topological polar surface area (TPSA) is 152 Å². The summed E-state index contributed by atoms with van der Waals surface area (Å²) < 4.78 is 39.9. The highest BCUT2D eigenvalue weighted by Gasteiger charge is 2.33. The van der Waals surface area contributed by atoms with Crippen LogP contribution in [0.25, 0.3) is 16.6 Å². The van der Waals surface area contributed by atoms with Crippen molar-refractivity contribution in [2.75, 3.05) is 16.4 Å². The van der Waals surface area contributed by atoms with Gasteiger partial charge in [0, 0.05) is 29.7 Å². The predicted octanol–water partition coefficient (Wildman–Crippen LogP) is 3.32. The van der Waals surface area contributed by atoms with Gasteiger partial charge in [-0.25, -0.2) is 24.3 Å². The first kappa shape index (κ1) is 23.0. The minimum atomic E-state index is -4.67. The van der Waals surface area contributed by atoms with Crippen molar-refractivity contribution in [3.63, 3.8) is 0 Å². The summed E-state index contributed by atoms with van der Waals surface area (Å²) in [5, 5.41) is 11.7. The number of hydrogen-bond donors (Lipinski definition) is 4. The highest BCUT2D eigenvalue weighted by atomic mass is 19.4. The van der Waals surface area contributed by atoms with Crippen LogP contribution in [-0.4, -0.2) is 42.5 Å². The lowest BCUT2D eigenvalue weighted by Gasteiger charge is -2.10. The third kappa shape index (κ3) is 4.73. The van der Waals surface area contributed by atoms with Crippen LogP contribution < -0.4 is 21.7 Å². The molecule has 14 heteroatoms. The van der Waals surface area contributed by atoms with Crippen molar-refractivity contribution in [1.82, 2.24) is 29.9 Å². The summed E-state index contributed by atoms with van der Waals surface area (Å²) in [6.07, 6.45) is 0.935. The number of rotatable bonds is 5. The number of halogens is 3. The van der Waals surface area contributed by atoms with E-state index in [-0.39, 0.29) is 17.8 Å². The van der Waals surface area contributed by atoms with Crippen LogP contribution >= 0.6 is 0 Å². The average molecular weight is 497 g/mol. The highest BCUT2D eigenvalue weighted by Crippen LogP contribution is 2.34. The molecule has 0 radical (unpaired) electrons. The van der Waals surface area contributed by atoms with E-state index < -0.39 is 23.8 Å². The smallest absolute Gasteiger partial charge is 0.382 e. The Labute approximate surface area is 201 Å². The number of urea groups is 1. The van der Waals surface area contributed by atoms with Crippen molar-refractivity contribution in [2.24, 2.45) is 0 Å². The van der Waals surface area contributed by atoms with Crippen LogP contribution in [0.5, 0.6) is 0 Å². The van der Waals surface area contributed by atoms with Crippen molar-refractivity contribution < 1.29 is 22.8 Å². The molecule has 5 N–H and O–H groups in total. The molecule has 0 unspecified atom stereocenters. The molecule has 3 amide bonds. The number of nitrogens with two attached hydrogens (primary N) is 1. The fourth-order valence-electron chi connectivity index (χ4n) is 3.55. The maximum Gasteiger partial charge on any atom is 0.433 e. The van der Waals surface area contributed by atoms with Gasteiger partial charge in [0.25, 0.3) is 5.91 Å². The molecular formula is C22H18F3N9O2. The number of fused-ring (bicyclic) bond motifs is 1. The second-order valence-corrected chi connectivity index (χ2v) is 8.02. The van der Waals surface area contributed by atoms with Crippen LogP contribution in [-0.2, 0) is 6.18 Å². The molecule has 0 spiro atoms. The third-order valence-electron chi connectivity index (χ3n) is 5.36. The average Bonchev–Trinajstić information content (AvgIpc) is 3.55. The van der Waals surface area contributed by atoms with Crippen molar-refractivity contribution in [2.45, 2.75) is 25.1 Å². The van der Waals surface area contributed by atoms with E-state index in [1.807, 2.05) is 0 Å². The molecule has 36 heavy (non-hydrogen) atoms. The van der Waals surface area contributed by atoms with Crippen LogP contribution in [0.1, 0.15) is 28.9 Å². The zero-order valence-corrected chi connectivity index (χ0v) is 18.4. The minimum Gasteiger partial charge on any atom is -0.382 e. The number of carbonyl (C=O) groups excluding carboxylic acids is 2. The van der Waals surface area contributed by atoms with Crippen molar-refractivity contribution in [3.8, 4) is 11.1 Å². The number of alkyl halides is 3. The van der Waals surface area contributed by atoms with Crippen LogP contribution in [0.4, 0.5) is 35.4 Å². The molecule has 1 aliphatic rings. The predicted molar refractivity (Wildman–Crippen MR) is 123 cm³/mol. The molecule has 0 saturated heterocycles. The van der Waals surface area contributed by atoms with Gasteiger partial charge in [0.2, 0.25) is 5.95 Å². The largest absolute Gasteiger partial charge is 0.433 e. The minimum absolute atomic E-state index is 0.141. The van der Waals surface area contributed by atoms with Gasteiger partial charge in [0.15, 0.2) is 5.82 Å². The lowest BCUT2D eigenvalue weighted by atomic mass is 10.0. The second kappa shape index (κ2) is 8.79. The quantitative estimate of drug-likeness (QED) is 0.330. The lowest BCUT2D eigenvalue weighted by molar-refractivity contribution is -0.141. The molecule has 0 aliphatic heterocycles. The molecule has 1 aromatic carbocycles. The van der Waals surface area contributed by atoms with Gasteiger partial charge in [-0.1, -0.05) is 12.1 Å². The summed E-state index contributed by atoms with van der Waals surface area (Å²) >= 11 is 0. The van der Waals surface area contributed by atoms with Crippen molar-refractivity contribution in [3.05, 3.63) is 60.3 Å². The molecule has 0 atom stereocenters. The summed E-state index contributed by atoms with van der Waals surface area (Å²) in [7, 11) is 0. The molecule has 3 aromatic heterocycles. The Bertz CT molecular complexity index is 1460. The summed E-state index contributed by atoms with van der Waals surface area (Å²) in [6, 6.07) is 6.45. The Morgan fingerprint density at radius 3 is 2.50 bits per heavy atom. The van der Waals surface area contributed by atoms with E-state index in [0.717, 1.165) is 19.0 Å². The second-order valence-electron chi connectivity index (χ2n) is 8.02. The number of hydrogen-bond acceptors (Lipinski definition) is 7. The molecular weight excluding hydrogens is 479 g/mol. The lowest BCUT2D eigenvalue weighted by Crippen LogP contribution is -2.25. The first-order valence-corrected chi connectivity index (χ1v) is 10.7. The van der Waals surface area contributed by atoms with E-state index in [9.17, 15) is 22.8 Å². The number of amides is 3. The van der Waals surface area contributed by atoms with Crippen LogP contribution in [0.3, 0.4) is 0 Å². The van der Waals surface area contributed by atoms with E-state index in [0.29, 0.717) is 34.0 Å². The number of carbonyl (C=O) groups is 2. The standard InChI is InChI=1S/C22H18F3N9O2/c23-22(24,25)15-7-8-27-20(32-15)33-21(36)31-13-3-1-11(2-4-13)16-14(19(35)30-12-5-6-12)9-34-17(16)18(26)28-10-29-34/h1-4,7-10,12H,5-6H2,(H,30,35)(H2,26,28,29)(H2,27,31,32,33,36). The Morgan fingerprint density at radius 1 is 1.06 bits per heavy atom. The molecule has 1 fully saturated rings. The van der Waals surface area contributed by atoms with E-state index in [1.165, 1.54) is 10.8 Å². The van der Waals surface area contributed by atoms with E-state index in [1.54, 1.807) is 30.5 Å². The van der Waals surface area contributed by atoms with Gasteiger partial charge in [-0.05, 0) is 36.6 Å². The molecule has 0 bridgehead atoms. The van der Waals surface area contributed by atoms with Gasteiger partial charge >= 0.3 is 12.2 Å². The monoisotopic (exact) mass is 497 g/mol. The molecule has 1 aliphatic carbocycles. The summed E-state index contributed by atoms with van der Waals surface area (Å²) in [5.74, 6) is -0.575. The number of anilines is 3. The van der Waals surface area contributed by atoms with Gasteiger partial charge in [-0.3, -0.25) is 10.1 Å². The fourth-order valence-corrected chi connectivity index (χ4v) is 3.55. The molecule has 5 rings (SSSR count). The molecule has 4 aromatic rings. The summed E-state index contributed by atoms with van der Waals surface area (Å²) in [4.78, 5) is 36.1. The molecule has 11 nitrogen and oxygen atoms in total. The number of nitrogen functional groups attached to an aromatic ring is 1. The van der Waals surface area contributed by atoms with E-state index in [2.05, 4.69) is 36.0 Å². The Balaban J connectivity index is 1.38. The maximum absolute atomic E-state index is 12.9. The van der Waals surface area contributed by atoms with Gasteiger partial charge < -0.3 is 16.4 Å². The van der Waals surface area contributed by atoms with E-state index in [4.69, 9.17) is 5.73 Å². The Hall–Kier alpha value is -4.75. The van der Waals surface area contributed by atoms with Crippen LogP contribution in [0, 0.1) is 0 Å². The number of benzene rings is 1. The van der Waals surface area contributed by atoms with Crippen molar-refractivity contribution in [1.29, 1.82) is 0 Å². The number of aromatic nitrogens is 5. The normalized spacial score (nSPS) is 13.4. The first-order valence-electron chi connectivity index (χ1n) is 10.7. The van der Waals surface area contributed by atoms with Gasteiger partial charge in [-0.2, -0.15) is 18.3 Å². The first-order chi connectivity index (χ1) is 17.2. The fraction of sp³-hybridized carbons (Fsp3) is 0.182. The molecule has 184 valence electrons. The third-order valence-corrected chi connectivity index (χ3v) is 5.36. The van der Waals surface area contributed by atoms with Crippen LogP contribution in [0.2, 0.25) is 0 Å². The summed E-state index contributed by atoms with van der Waals surface area (Å²) in [6.45, 7) is 0. The molecule has 3 heterocycles. The van der Waals surface area contributed by atoms with Gasteiger partial charge in [0.05, 0.1) is 5.56 Å². The van der Waals surface area contributed by atoms with Gasteiger partial charge in [0.1, 0.15) is 17.5 Å². The zero-order valence-electron chi connectivity index (χ0n) is 18.4. The number of nitrogens with zero attached hydrogens (tertiary/aromatic N) is 5. The Morgan fingerprint density at radius 2 is 1.81 bits per heavy atom. The SMILES string of the molecule is Nc1ncnn2cc(C(=O)NC3CC3)c(-c3ccc(NC(=O)Nc4nccc(C(F)(F)F)n4)cc3)c12. The van der Waals surface area contributed by atoms with E-state index >= 15 is 0 Å². The summed E-state index contributed by atoms with van der Waals surface area (Å²) in [5.41, 5.74) is 7.20. The van der Waals surface area contributed by atoms with Crippen LogP contribution in [0.15, 0.2) is 49.1 Å². The zero-order chi connectivity index (χ0) is 25.4. The number of nitrogens with one attached hydrogen (secondary N) is 3.